The summed E-state index contributed by atoms with van der Waals surface area (Å²) < 4.78 is 1.54. The molecule has 1 aliphatic carbocycles. The second-order valence-electron chi connectivity index (χ2n) is 9.71. The average molecular weight is 466 g/mol. The minimum absolute atomic E-state index is 0.221. The van der Waals surface area contributed by atoms with Gasteiger partial charge < -0.3 is 16.0 Å². The molecule has 182 valence electrons. The predicted octanol–water partition coefficient (Wildman–Crippen LogP) is 1.34. The van der Waals surface area contributed by atoms with Crippen LogP contribution < -0.4 is 22.1 Å². The quantitative estimate of drug-likeness (QED) is 0.631. The molecule has 1 aromatic carbocycles. The first-order chi connectivity index (χ1) is 16.6. The number of aromatic nitrogens is 2. The Balaban J connectivity index is 1.26. The lowest BCUT2D eigenvalue weighted by molar-refractivity contribution is 0.186. The number of nitrogens with two attached hydrogens (primary N) is 1. The fourth-order valence-electron chi connectivity index (χ4n) is 5.42. The minimum Gasteiger partial charge on any atom is -0.328 e. The maximum Gasteiger partial charge on any atom is 0.354 e. The standard InChI is InChI=1S/C25H35N7O2/c26-20-2-1-11-30(12-7-20)21-5-3-19-17-22(6-4-18(19)16-21)32-13-8-23(29-25(32)34)28-24(33)31-14-9-27-10-15-31/h4,6,8,13,17,20-21,27H,1-3,5,7,9-12,14-16,26H2,(H,28,29,33,34). The number of benzene rings is 1. The number of hydrogen-bond donors (Lipinski definition) is 3. The molecule has 0 radical (unpaired) electrons. The highest BCUT2D eigenvalue weighted by Gasteiger charge is 2.26. The van der Waals surface area contributed by atoms with Gasteiger partial charge >= 0.3 is 11.7 Å². The van der Waals surface area contributed by atoms with E-state index >= 15 is 0 Å². The normalized spacial score (nSPS) is 23.7. The molecule has 0 saturated carbocycles. The van der Waals surface area contributed by atoms with Crippen molar-refractivity contribution in [2.75, 3.05) is 44.6 Å². The number of aryl methyl sites for hydroxylation is 1. The van der Waals surface area contributed by atoms with Crippen molar-refractivity contribution in [1.29, 1.82) is 0 Å². The van der Waals surface area contributed by atoms with Crippen molar-refractivity contribution in [3.05, 3.63) is 52.1 Å². The zero-order chi connectivity index (χ0) is 23.5. The second kappa shape index (κ2) is 10.2. The number of rotatable bonds is 3. The SMILES string of the molecule is NC1CCCN(C2CCc3cc(-n4ccc(NC(=O)N5CCNCC5)nc4=O)ccc3C2)CC1. The zero-order valence-electron chi connectivity index (χ0n) is 19.7. The third-order valence-corrected chi connectivity index (χ3v) is 7.44. The number of urea groups is 1. The van der Waals surface area contributed by atoms with Crippen molar-refractivity contribution in [2.24, 2.45) is 5.73 Å². The molecule has 0 bridgehead atoms. The van der Waals surface area contributed by atoms with E-state index in [0.717, 1.165) is 64.0 Å². The number of amides is 2. The fourth-order valence-corrected chi connectivity index (χ4v) is 5.42. The van der Waals surface area contributed by atoms with E-state index in [4.69, 9.17) is 5.73 Å². The van der Waals surface area contributed by atoms with Crippen LogP contribution in [0.3, 0.4) is 0 Å². The third kappa shape index (κ3) is 5.16. The number of anilines is 1. The van der Waals surface area contributed by atoms with Crippen molar-refractivity contribution < 1.29 is 4.79 Å². The van der Waals surface area contributed by atoms with Gasteiger partial charge in [0.05, 0.1) is 5.69 Å². The predicted molar refractivity (Wildman–Crippen MR) is 133 cm³/mol. The van der Waals surface area contributed by atoms with Crippen LogP contribution in [0.1, 0.15) is 36.8 Å². The summed E-state index contributed by atoms with van der Waals surface area (Å²) in [6.07, 6.45) is 8.29. The van der Waals surface area contributed by atoms with Crippen LogP contribution in [0.4, 0.5) is 10.6 Å². The van der Waals surface area contributed by atoms with Crippen LogP contribution in [0, 0.1) is 0 Å². The first-order valence-corrected chi connectivity index (χ1v) is 12.5. The highest BCUT2D eigenvalue weighted by atomic mass is 16.2. The summed E-state index contributed by atoms with van der Waals surface area (Å²) in [6.45, 7) is 5.07. The van der Waals surface area contributed by atoms with Crippen LogP contribution in [0.5, 0.6) is 0 Å². The third-order valence-electron chi connectivity index (χ3n) is 7.44. The van der Waals surface area contributed by atoms with Crippen LogP contribution in [0.15, 0.2) is 35.3 Å². The number of hydrogen-bond acceptors (Lipinski definition) is 6. The van der Waals surface area contributed by atoms with E-state index in [9.17, 15) is 9.59 Å². The number of nitrogens with zero attached hydrogens (tertiary/aromatic N) is 4. The molecule has 2 amide bonds. The van der Waals surface area contributed by atoms with Crippen molar-refractivity contribution in [2.45, 2.75) is 50.6 Å². The molecule has 0 spiro atoms. The van der Waals surface area contributed by atoms with Gasteiger partial charge in [0.1, 0.15) is 5.82 Å². The summed E-state index contributed by atoms with van der Waals surface area (Å²) in [5.41, 5.74) is 9.27. The Morgan fingerprint density at radius 3 is 2.74 bits per heavy atom. The molecule has 5 rings (SSSR count). The van der Waals surface area contributed by atoms with E-state index in [0.29, 0.717) is 25.2 Å². The number of carbonyl (C=O) groups is 1. The molecule has 3 heterocycles. The highest BCUT2D eigenvalue weighted by molar-refractivity contribution is 5.88. The van der Waals surface area contributed by atoms with Crippen LogP contribution in [0.25, 0.3) is 5.69 Å². The van der Waals surface area contributed by atoms with Crippen molar-refractivity contribution in [3.63, 3.8) is 0 Å². The van der Waals surface area contributed by atoms with Crippen molar-refractivity contribution in [1.82, 2.24) is 24.7 Å². The van der Waals surface area contributed by atoms with E-state index in [-0.39, 0.29) is 11.8 Å². The van der Waals surface area contributed by atoms with E-state index in [1.807, 2.05) is 6.07 Å². The molecular formula is C25H35N7O2. The summed E-state index contributed by atoms with van der Waals surface area (Å²) in [7, 11) is 0. The summed E-state index contributed by atoms with van der Waals surface area (Å²) in [6, 6.07) is 8.66. The number of likely N-dealkylation sites (tertiary alicyclic amines) is 1. The first-order valence-electron chi connectivity index (χ1n) is 12.5. The Kier molecular flexibility index (Phi) is 6.94. The molecule has 1 aromatic heterocycles. The first kappa shape index (κ1) is 23.0. The van der Waals surface area contributed by atoms with Gasteiger partial charge in [-0.15, -0.1) is 0 Å². The summed E-state index contributed by atoms with van der Waals surface area (Å²) >= 11 is 0. The summed E-state index contributed by atoms with van der Waals surface area (Å²) in [5.74, 6) is 0.280. The van der Waals surface area contributed by atoms with Crippen LogP contribution in [-0.4, -0.2) is 76.7 Å². The minimum atomic E-state index is -0.396. The second-order valence-corrected chi connectivity index (χ2v) is 9.71. The molecule has 34 heavy (non-hydrogen) atoms. The van der Waals surface area contributed by atoms with E-state index in [1.165, 1.54) is 17.5 Å². The molecule has 2 atom stereocenters. The van der Waals surface area contributed by atoms with Gasteiger partial charge in [-0.25, -0.2) is 9.59 Å². The Morgan fingerprint density at radius 2 is 1.91 bits per heavy atom. The molecular weight excluding hydrogens is 430 g/mol. The average Bonchev–Trinajstić information content (AvgIpc) is 3.08. The maximum atomic E-state index is 12.7. The topological polar surface area (TPSA) is 109 Å². The number of fused-ring (bicyclic) bond motifs is 1. The lowest BCUT2D eigenvalue weighted by Gasteiger charge is -2.34. The molecule has 2 saturated heterocycles. The van der Waals surface area contributed by atoms with Gasteiger partial charge in [0.25, 0.3) is 0 Å². The number of nitrogens with one attached hydrogen (secondary N) is 2. The molecule has 9 nitrogen and oxygen atoms in total. The summed E-state index contributed by atoms with van der Waals surface area (Å²) in [5, 5.41) is 5.96. The van der Waals surface area contributed by atoms with Gasteiger partial charge in [0.15, 0.2) is 0 Å². The highest BCUT2D eigenvalue weighted by Crippen LogP contribution is 2.28. The molecule has 2 aromatic rings. The van der Waals surface area contributed by atoms with Gasteiger partial charge in [-0.05, 0) is 80.9 Å². The van der Waals surface area contributed by atoms with Crippen molar-refractivity contribution in [3.8, 4) is 5.69 Å². The lowest BCUT2D eigenvalue weighted by Crippen LogP contribution is -2.48. The van der Waals surface area contributed by atoms with Gasteiger partial charge in [-0.2, -0.15) is 4.98 Å². The van der Waals surface area contributed by atoms with Gasteiger partial charge in [0, 0.05) is 44.5 Å². The van der Waals surface area contributed by atoms with E-state index in [2.05, 4.69) is 32.7 Å². The molecule has 2 unspecified atom stereocenters. The largest absolute Gasteiger partial charge is 0.354 e. The lowest BCUT2D eigenvalue weighted by atomic mass is 9.87. The molecule has 4 N–H and O–H groups in total. The Morgan fingerprint density at radius 1 is 1.06 bits per heavy atom. The van der Waals surface area contributed by atoms with E-state index in [1.54, 1.807) is 21.7 Å². The number of piperazine rings is 1. The monoisotopic (exact) mass is 465 g/mol. The Labute approximate surface area is 200 Å². The van der Waals surface area contributed by atoms with Gasteiger partial charge in [-0.3, -0.25) is 14.8 Å². The molecule has 2 aliphatic heterocycles. The van der Waals surface area contributed by atoms with Crippen LogP contribution in [0.2, 0.25) is 0 Å². The smallest absolute Gasteiger partial charge is 0.328 e. The van der Waals surface area contributed by atoms with Gasteiger partial charge in [-0.1, -0.05) is 6.07 Å². The van der Waals surface area contributed by atoms with Crippen LogP contribution in [-0.2, 0) is 12.8 Å². The van der Waals surface area contributed by atoms with Crippen molar-refractivity contribution >= 4 is 11.8 Å². The van der Waals surface area contributed by atoms with E-state index < -0.39 is 5.69 Å². The molecule has 3 aliphatic rings. The fraction of sp³-hybridized carbons (Fsp3) is 0.560. The Hall–Kier alpha value is -2.75. The maximum absolute atomic E-state index is 12.7. The van der Waals surface area contributed by atoms with Crippen LogP contribution >= 0.6 is 0 Å². The van der Waals surface area contributed by atoms with Gasteiger partial charge in [0.2, 0.25) is 0 Å². The zero-order valence-corrected chi connectivity index (χ0v) is 19.7. The Bertz CT molecular complexity index is 1080. The number of carbonyl (C=O) groups excluding carboxylic acids is 1. The summed E-state index contributed by atoms with van der Waals surface area (Å²) in [4.78, 5) is 33.6. The molecule has 2 fully saturated rings. The molecule has 9 heteroatoms.